The van der Waals surface area contributed by atoms with Crippen LogP contribution in [0.3, 0.4) is 0 Å². The molecule has 0 saturated heterocycles. The third kappa shape index (κ3) is 2.69. The van der Waals surface area contributed by atoms with E-state index in [0.29, 0.717) is 0 Å². The highest BCUT2D eigenvalue weighted by Crippen LogP contribution is 2.31. The van der Waals surface area contributed by atoms with Gasteiger partial charge in [0.05, 0.1) is 23.0 Å². The second-order valence-electron chi connectivity index (χ2n) is 2.22. The van der Waals surface area contributed by atoms with Gasteiger partial charge in [-0.1, -0.05) is 10.7 Å². The van der Waals surface area contributed by atoms with Crippen molar-refractivity contribution < 1.29 is 13.2 Å². The quantitative estimate of drug-likeness (QED) is 0.625. The minimum absolute atomic E-state index is 0.0739. The molecule has 0 spiro atoms. The van der Waals surface area contributed by atoms with E-state index in [1.54, 1.807) is 0 Å². The molecule has 13 heavy (non-hydrogen) atoms. The molecule has 0 heterocycles. The van der Waals surface area contributed by atoms with E-state index in [2.05, 4.69) is 9.75 Å². The first-order valence-corrected chi connectivity index (χ1v) is 3.57. The smallest absolute Gasteiger partial charge is 0.166 e. The zero-order chi connectivity index (χ0) is 9.90. The number of alkyl halides is 3. The predicted molar refractivity (Wildman–Crippen MR) is 41.8 cm³/mol. The standard InChI is InChI=1S/C7H4ClF3N2/c8-13-12-6-3-1-2-5(4-6)7(9,10)11/h1-4H. The number of halogens is 4. The molecule has 0 aliphatic rings. The van der Waals surface area contributed by atoms with Crippen molar-refractivity contribution >= 4 is 17.5 Å². The molecule has 0 amide bonds. The summed E-state index contributed by atoms with van der Waals surface area (Å²) < 4.78 is 39.2. The van der Waals surface area contributed by atoms with Crippen molar-refractivity contribution in [2.75, 3.05) is 0 Å². The van der Waals surface area contributed by atoms with Gasteiger partial charge < -0.3 is 0 Å². The molecular formula is C7H4ClF3N2. The highest BCUT2D eigenvalue weighted by Gasteiger charge is 2.30. The van der Waals surface area contributed by atoms with Crippen LogP contribution in [0, 0.1) is 0 Å². The van der Waals surface area contributed by atoms with Crippen molar-refractivity contribution in [2.24, 2.45) is 9.75 Å². The summed E-state index contributed by atoms with van der Waals surface area (Å²) in [6, 6.07) is 4.43. The van der Waals surface area contributed by atoms with Gasteiger partial charge in [-0.25, -0.2) is 0 Å². The fourth-order valence-electron chi connectivity index (χ4n) is 0.788. The highest BCUT2D eigenvalue weighted by atomic mass is 35.5. The van der Waals surface area contributed by atoms with E-state index in [1.807, 2.05) is 0 Å². The minimum atomic E-state index is -4.36. The zero-order valence-electron chi connectivity index (χ0n) is 6.22. The molecule has 0 fully saturated rings. The van der Waals surface area contributed by atoms with Gasteiger partial charge in [0, 0.05) is 0 Å². The van der Waals surface area contributed by atoms with Gasteiger partial charge in [0.15, 0.2) is 0 Å². The molecule has 0 unspecified atom stereocenters. The van der Waals surface area contributed by atoms with E-state index < -0.39 is 11.7 Å². The number of rotatable bonds is 1. The molecule has 0 aliphatic carbocycles. The van der Waals surface area contributed by atoms with Gasteiger partial charge in [-0.3, -0.25) is 0 Å². The fraction of sp³-hybridized carbons (Fsp3) is 0.143. The van der Waals surface area contributed by atoms with Gasteiger partial charge in [0.25, 0.3) is 0 Å². The molecule has 0 N–H and O–H groups in total. The van der Waals surface area contributed by atoms with Crippen molar-refractivity contribution in [1.29, 1.82) is 0 Å². The van der Waals surface area contributed by atoms with Gasteiger partial charge in [0.2, 0.25) is 0 Å². The third-order valence-electron chi connectivity index (χ3n) is 1.33. The first kappa shape index (κ1) is 9.98. The summed E-state index contributed by atoms with van der Waals surface area (Å²) in [5, 5.41) is 3.27. The molecule has 1 aromatic rings. The van der Waals surface area contributed by atoms with Crippen molar-refractivity contribution in [1.82, 2.24) is 0 Å². The van der Waals surface area contributed by atoms with E-state index >= 15 is 0 Å². The normalized spacial score (nSPS) is 12.3. The number of hydrogen-bond donors (Lipinski definition) is 0. The molecule has 1 rings (SSSR count). The average Bonchev–Trinajstić information content (AvgIpc) is 2.04. The van der Waals surface area contributed by atoms with Crippen LogP contribution in [0.2, 0.25) is 0 Å². The molecule has 1 aromatic carbocycles. The molecule has 0 bridgehead atoms. The summed E-state index contributed by atoms with van der Waals surface area (Å²) in [6.07, 6.45) is -4.36. The maximum Gasteiger partial charge on any atom is 0.416 e. The summed E-state index contributed by atoms with van der Waals surface area (Å²) in [5.41, 5.74) is -0.695. The first-order valence-electron chi connectivity index (χ1n) is 3.23. The Balaban J connectivity index is 3.05. The van der Waals surface area contributed by atoms with Crippen LogP contribution < -0.4 is 0 Å². The van der Waals surface area contributed by atoms with Gasteiger partial charge in [-0.2, -0.15) is 13.2 Å². The summed E-state index contributed by atoms with van der Waals surface area (Å²) in [5.74, 6) is 0. The van der Waals surface area contributed by atoms with Gasteiger partial charge in [-0.15, -0.1) is 5.11 Å². The van der Waals surface area contributed by atoms with E-state index in [9.17, 15) is 13.2 Å². The molecule has 70 valence electrons. The van der Waals surface area contributed by atoms with Crippen LogP contribution in [0.25, 0.3) is 0 Å². The maximum atomic E-state index is 12.1. The minimum Gasteiger partial charge on any atom is -0.166 e. The lowest BCUT2D eigenvalue weighted by molar-refractivity contribution is -0.137. The Kier molecular flexibility index (Phi) is 2.87. The molecule has 2 nitrogen and oxygen atoms in total. The van der Waals surface area contributed by atoms with Crippen LogP contribution in [0.4, 0.5) is 18.9 Å². The summed E-state index contributed by atoms with van der Waals surface area (Å²) >= 11 is 4.88. The van der Waals surface area contributed by atoms with Crippen LogP contribution in [0.1, 0.15) is 5.56 Å². The van der Waals surface area contributed by atoms with Crippen LogP contribution in [-0.2, 0) is 6.18 Å². The second-order valence-corrected chi connectivity index (χ2v) is 2.37. The van der Waals surface area contributed by atoms with Crippen molar-refractivity contribution in [3.8, 4) is 0 Å². The Bertz CT molecular complexity index is 322. The van der Waals surface area contributed by atoms with Gasteiger partial charge >= 0.3 is 6.18 Å². The second kappa shape index (κ2) is 3.74. The molecule has 6 heteroatoms. The summed E-state index contributed by atoms with van der Waals surface area (Å²) in [6.45, 7) is 0. The van der Waals surface area contributed by atoms with E-state index in [-0.39, 0.29) is 5.69 Å². The lowest BCUT2D eigenvalue weighted by atomic mass is 10.2. The predicted octanol–water partition coefficient (Wildman–Crippen LogP) is 3.94. The Morgan fingerprint density at radius 1 is 1.23 bits per heavy atom. The van der Waals surface area contributed by atoms with E-state index in [0.717, 1.165) is 12.1 Å². The number of benzene rings is 1. The van der Waals surface area contributed by atoms with Crippen LogP contribution >= 0.6 is 11.8 Å². The summed E-state index contributed by atoms with van der Waals surface area (Å²) in [7, 11) is 0. The van der Waals surface area contributed by atoms with E-state index in [1.165, 1.54) is 12.1 Å². The fourth-order valence-corrected chi connectivity index (χ4v) is 0.875. The van der Waals surface area contributed by atoms with Crippen molar-refractivity contribution in [2.45, 2.75) is 6.18 Å². The van der Waals surface area contributed by atoms with Crippen molar-refractivity contribution in [3.63, 3.8) is 0 Å². The molecular weight excluding hydrogens is 205 g/mol. The maximum absolute atomic E-state index is 12.1. The van der Waals surface area contributed by atoms with Crippen LogP contribution in [-0.4, -0.2) is 0 Å². The lowest BCUT2D eigenvalue weighted by Gasteiger charge is -2.05. The largest absolute Gasteiger partial charge is 0.416 e. The Labute approximate surface area is 77.2 Å². The Morgan fingerprint density at radius 3 is 2.46 bits per heavy atom. The zero-order valence-corrected chi connectivity index (χ0v) is 6.97. The highest BCUT2D eigenvalue weighted by molar-refractivity contribution is 6.14. The molecule has 0 atom stereocenters. The SMILES string of the molecule is FC(F)(F)c1cccc(N=NCl)c1. The van der Waals surface area contributed by atoms with Crippen LogP contribution in [0.15, 0.2) is 34.0 Å². The third-order valence-corrected chi connectivity index (χ3v) is 1.40. The molecule has 0 saturated carbocycles. The number of nitrogens with zero attached hydrogens (tertiary/aromatic N) is 2. The molecule has 0 radical (unpaired) electrons. The Hall–Kier alpha value is -1.10. The lowest BCUT2D eigenvalue weighted by Crippen LogP contribution is -2.03. The average molecular weight is 209 g/mol. The first-order chi connectivity index (χ1) is 6.04. The van der Waals surface area contributed by atoms with Crippen LogP contribution in [0.5, 0.6) is 0 Å². The molecule has 0 aliphatic heterocycles. The van der Waals surface area contributed by atoms with Crippen molar-refractivity contribution in [3.05, 3.63) is 29.8 Å². The number of hydrogen-bond acceptors (Lipinski definition) is 2. The van der Waals surface area contributed by atoms with Gasteiger partial charge in [-0.05, 0) is 18.2 Å². The summed E-state index contributed by atoms with van der Waals surface area (Å²) in [4.78, 5) is 0. The Morgan fingerprint density at radius 2 is 1.92 bits per heavy atom. The van der Waals surface area contributed by atoms with Gasteiger partial charge in [0.1, 0.15) is 0 Å². The topological polar surface area (TPSA) is 24.7 Å². The monoisotopic (exact) mass is 208 g/mol. The molecule has 0 aromatic heterocycles. The van der Waals surface area contributed by atoms with E-state index in [4.69, 9.17) is 11.8 Å².